The van der Waals surface area contributed by atoms with Gasteiger partial charge in [0, 0.05) is 22.3 Å². The molecule has 0 saturated carbocycles. The lowest BCUT2D eigenvalue weighted by Crippen LogP contribution is -2.35. The van der Waals surface area contributed by atoms with Gasteiger partial charge in [0.05, 0.1) is 17.7 Å². The highest BCUT2D eigenvalue weighted by atomic mass is 35.5. The molecule has 0 spiro atoms. The number of pyridine rings is 1. The standard InChI is InChI=1S/C19H19ClN2O6/c1-10(2)16(28-22(24)25)19(23)27-17-11(3)21-8-14-15(17)9-26-18(14)12-4-6-13(20)7-5-12/h4-8,16,18,24-25H,1,9H2,2-3H3/t16-,18?/m0/s1. The number of nitrogens with zero attached hydrogens (tertiary/aromatic N) is 2. The van der Waals surface area contributed by atoms with Gasteiger partial charge in [-0.2, -0.15) is 0 Å². The van der Waals surface area contributed by atoms with Gasteiger partial charge >= 0.3 is 5.97 Å². The number of fused-ring (bicyclic) bond motifs is 1. The zero-order valence-corrected chi connectivity index (χ0v) is 16.0. The first-order valence-electron chi connectivity index (χ1n) is 8.35. The smallest absolute Gasteiger partial charge is 0.347 e. The first-order valence-corrected chi connectivity index (χ1v) is 8.73. The number of esters is 1. The van der Waals surface area contributed by atoms with Crippen LogP contribution in [0.3, 0.4) is 0 Å². The Morgan fingerprint density at radius 1 is 1.39 bits per heavy atom. The van der Waals surface area contributed by atoms with E-state index in [9.17, 15) is 4.79 Å². The van der Waals surface area contributed by atoms with Crippen LogP contribution in [-0.4, -0.2) is 32.9 Å². The molecule has 1 aromatic carbocycles. The molecule has 0 aliphatic carbocycles. The van der Waals surface area contributed by atoms with E-state index in [4.69, 9.17) is 31.5 Å². The Labute approximate surface area is 166 Å². The van der Waals surface area contributed by atoms with Crippen LogP contribution in [-0.2, 0) is 21.0 Å². The SMILES string of the molecule is C=C(C)[C@H](ON(O)O)C(=O)Oc1c(C)ncc2c1COC2c1ccc(Cl)cc1. The Morgan fingerprint density at radius 2 is 2.07 bits per heavy atom. The Morgan fingerprint density at radius 3 is 2.68 bits per heavy atom. The minimum atomic E-state index is -1.40. The van der Waals surface area contributed by atoms with Gasteiger partial charge in [0.15, 0.2) is 5.75 Å². The van der Waals surface area contributed by atoms with Gasteiger partial charge in [-0.3, -0.25) is 15.4 Å². The molecule has 8 nitrogen and oxygen atoms in total. The molecule has 1 aliphatic heterocycles. The topological polar surface area (TPSA) is 101 Å². The van der Waals surface area contributed by atoms with E-state index < -0.39 is 17.5 Å². The number of hydrogen-bond acceptors (Lipinski definition) is 8. The van der Waals surface area contributed by atoms with Gasteiger partial charge in [-0.05, 0) is 37.1 Å². The molecule has 2 heterocycles. The maximum absolute atomic E-state index is 12.5. The van der Waals surface area contributed by atoms with Crippen molar-refractivity contribution in [2.45, 2.75) is 32.7 Å². The number of aromatic nitrogens is 1. The molecule has 0 fully saturated rings. The molecule has 1 unspecified atom stereocenters. The summed E-state index contributed by atoms with van der Waals surface area (Å²) in [5, 5.41) is 17.8. The van der Waals surface area contributed by atoms with E-state index in [0.29, 0.717) is 16.3 Å². The van der Waals surface area contributed by atoms with Crippen LogP contribution >= 0.6 is 11.6 Å². The maximum Gasteiger partial charge on any atom is 0.347 e. The molecular weight excluding hydrogens is 388 g/mol. The van der Waals surface area contributed by atoms with Crippen LogP contribution in [0.1, 0.15) is 35.4 Å². The highest BCUT2D eigenvalue weighted by molar-refractivity contribution is 6.30. The maximum atomic E-state index is 12.5. The normalized spacial score (nSPS) is 16.7. The van der Waals surface area contributed by atoms with Crippen LogP contribution in [0, 0.1) is 6.92 Å². The fraction of sp³-hybridized carbons (Fsp3) is 0.263. The molecule has 2 atom stereocenters. The molecule has 2 N–H and O–H groups in total. The number of benzene rings is 1. The second-order valence-corrected chi connectivity index (χ2v) is 6.79. The number of halogens is 1. The third-order valence-corrected chi connectivity index (χ3v) is 4.51. The molecule has 28 heavy (non-hydrogen) atoms. The summed E-state index contributed by atoms with van der Waals surface area (Å²) in [5.74, 6) is -0.620. The average molecular weight is 407 g/mol. The van der Waals surface area contributed by atoms with Crippen molar-refractivity contribution in [2.24, 2.45) is 0 Å². The predicted octanol–water partition coefficient (Wildman–Crippen LogP) is 3.53. The number of ether oxygens (including phenoxy) is 2. The molecule has 148 valence electrons. The Bertz CT molecular complexity index is 900. The lowest BCUT2D eigenvalue weighted by atomic mass is 10.0. The predicted molar refractivity (Wildman–Crippen MR) is 97.8 cm³/mol. The molecule has 2 aromatic rings. The van der Waals surface area contributed by atoms with Gasteiger partial charge in [0.25, 0.3) is 0 Å². The summed E-state index contributed by atoms with van der Waals surface area (Å²) in [5.41, 5.74) is 3.07. The summed E-state index contributed by atoms with van der Waals surface area (Å²) in [6, 6.07) is 7.25. The highest BCUT2D eigenvalue weighted by Crippen LogP contribution is 2.41. The Hall–Kier alpha value is -2.33. The van der Waals surface area contributed by atoms with Crippen LogP contribution in [0.25, 0.3) is 0 Å². The molecule has 1 aromatic heterocycles. The molecule has 0 amide bonds. The molecular formula is C19H19ClN2O6. The van der Waals surface area contributed by atoms with Gasteiger partial charge < -0.3 is 9.47 Å². The summed E-state index contributed by atoms with van der Waals surface area (Å²) < 4.78 is 11.4. The van der Waals surface area contributed by atoms with Gasteiger partial charge in [0.1, 0.15) is 6.10 Å². The molecule has 3 rings (SSSR count). The van der Waals surface area contributed by atoms with Gasteiger partial charge in [0.2, 0.25) is 6.10 Å². The van der Waals surface area contributed by atoms with Crippen molar-refractivity contribution in [2.75, 3.05) is 0 Å². The number of rotatable bonds is 6. The lowest BCUT2D eigenvalue weighted by molar-refractivity contribution is -0.498. The third kappa shape index (κ3) is 4.22. The van der Waals surface area contributed by atoms with E-state index in [1.165, 1.54) is 6.92 Å². The average Bonchev–Trinajstić information content (AvgIpc) is 3.06. The van der Waals surface area contributed by atoms with Gasteiger partial charge in [-0.25, -0.2) is 9.63 Å². The summed E-state index contributed by atoms with van der Waals surface area (Å²) in [7, 11) is 0. The van der Waals surface area contributed by atoms with Crippen LogP contribution in [0.15, 0.2) is 42.6 Å². The summed E-state index contributed by atoms with van der Waals surface area (Å²) >= 11 is 5.94. The summed E-state index contributed by atoms with van der Waals surface area (Å²) in [4.78, 5) is 21.4. The molecule has 0 saturated heterocycles. The van der Waals surface area contributed by atoms with E-state index in [0.717, 1.165) is 11.1 Å². The second-order valence-electron chi connectivity index (χ2n) is 6.35. The Kier molecular flexibility index (Phi) is 6.09. The molecule has 0 radical (unpaired) electrons. The summed E-state index contributed by atoms with van der Waals surface area (Å²) in [6.45, 7) is 7.01. The second kappa shape index (κ2) is 8.36. The lowest BCUT2D eigenvalue weighted by Gasteiger charge is -2.19. The van der Waals surface area contributed by atoms with Crippen molar-refractivity contribution in [3.05, 3.63) is 70.0 Å². The van der Waals surface area contributed by atoms with Crippen LogP contribution in [0.2, 0.25) is 5.02 Å². The van der Waals surface area contributed by atoms with Crippen molar-refractivity contribution in [3.63, 3.8) is 0 Å². The highest BCUT2D eigenvalue weighted by Gasteiger charge is 2.32. The van der Waals surface area contributed by atoms with E-state index in [2.05, 4.69) is 16.4 Å². The summed E-state index contributed by atoms with van der Waals surface area (Å²) in [6.07, 6.45) is -0.0829. The zero-order chi connectivity index (χ0) is 20.4. The molecule has 0 bridgehead atoms. The number of carbonyl (C=O) groups is 1. The fourth-order valence-electron chi connectivity index (χ4n) is 2.92. The largest absolute Gasteiger partial charge is 0.422 e. The number of aryl methyl sites for hydroxylation is 1. The van der Waals surface area contributed by atoms with Crippen LogP contribution in [0.5, 0.6) is 5.75 Å². The van der Waals surface area contributed by atoms with Crippen LogP contribution in [0.4, 0.5) is 0 Å². The monoisotopic (exact) mass is 406 g/mol. The van der Waals surface area contributed by atoms with E-state index in [-0.39, 0.29) is 24.0 Å². The zero-order valence-electron chi connectivity index (χ0n) is 15.3. The van der Waals surface area contributed by atoms with E-state index in [1.54, 1.807) is 25.3 Å². The van der Waals surface area contributed by atoms with E-state index in [1.807, 2.05) is 12.1 Å². The van der Waals surface area contributed by atoms with Crippen molar-refractivity contribution >= 4 is 17.6 Å². The fourth-order valence-corrected chi connectivity index (χ4v) is 3.04. The van der Waals surface area contributed by atoms with Crippen LogP contribution < -0.4 is 4.74 Å². The van der Waals surface area contributed by atoms with Crippen molar-refractivity contribution in [3.8, 4) is 5.75 Å². The van der Waals surface area contributed by atoms with Crippen molar-refractivity contribution in [1.29, 1.82) is 0 Å². The molecule has 9 heteroatoms. The van der Waals surface area contributed by atoms with Crippen molar-refractivity contribution < 1.29 is 29.5 Å². The Balaban J connectivity index is 1.90. The quantitative estimate of drug-likeness (QED) is 0.427. The number of hydrogen-bond donors (Lipinski definition) is 2. The van der Waals surface area contributed by atoms with E-state index >= 15 is 0 Å². The van der Waals surface area contributed by atoms with Gasteiger partial charge in [-0.15, -0.1) is 0 Å². The number of carbonyl (C=O) groups excluding carboxylic acids is 1. The third-order valence-electron chi connectivity index (χ3n) is 4.26. The molecule has 1 aliphatic rings. The first kappa shape index (κ1) is 20.4. The van der Waals surface area contributed by atoms with Gasteiger partial charge in [-0.1, -0.05) is 30.3 Å². The van der Waals surface area contributed by atoms with Crippen molar-refractivity contribution in [1.82, 2.24) is 10.4 Å². The first-order chi connectivity index (χ1) is 13.3. The minimum Gasteiger partial charge on any atom is -0.422 e. The minimum absolute atomic E-state index is 0.222.